The van der Waals surface area contributed by atoms with Gasteiger partial charge in [-0.25, -0.2) is 13.4 Å². The van der Waals surface area contributed by atoms with Gasteiger partial charge in [-0.3, -0.25) is 9.89 Å². The number of methoxy groups -OCH3 is 1. The van der Waals surface area contributed by atoms with Crippen molar-refractivity contribution >= 4 is 27.5 Å². The van der Waals surface area contributed by atoms with Crippen LogP contribution in [0.15, 0.2) is 29.4 Å². The number of hydrogen-bond donors (Lipinski definition) is 1. The van der Waals surface area contributed by atoms with Crippen molar-refractivity contribution in [3.8, 4) is 17.1 Å². The van der Waals surface area contributed by atoms with Crippen molar-refractivity contribution in [3.63, 3.8) is 0 Å². The van der Waals surface area contributed by atoms with Gasteiger partial charge in [0.05, 0.1) is 24.4 Å². The highest BCUT2D eigenvalue weighted by molar-refractivity contribution is 7.99. The van der Waals surface area contributed by atoms with Gasteiger partial charge in [-0.2, -0.15) is 0 Å². The number of carbonyl (C=O) groups excluding carboxylic acids is 1. The van der Waals surface area contributed by atoms with Crippen LogP contribution >= 0.6 is 11.8 Å². The number of nitrogens with one attached hydrogen (secondary N) is 1. The molecule has 1 aromatic carbocycles. The lowest BCUT2D eigenvalue weighted by Gasteiger charge is -2.22. The van der Waals surface area contributed by atoms with Gasteiger partial charge < -0.3 is 9.64 Å². The number of aromatic nitrogens is 3. The molecule has 3 rings (SSSR count). The van der Waals surface area contributed by atoms with E-state index in [1.807, 2.05) is 24.3 Å². The Labute approximate surface area is 156 Å². The fourth-order valence-electron chi connectivity index (χ4n) is 2.70. The average molecular weight is 396 g/mol. The highest BCUT2D eigenvalue weighted by Gasteiger charge is 2.32. The van der Waals surface area contributed by atoms with Gasteiger partial charge in [-0.05, 0) is 30.7 Å². The van der Waals surface area contributed by atoms with Gasteiger partial charge in [0.2, 0.25) is 11.1 Å². The SMILES string of the molecule is COc1ccc(-c2nc(SCC(=O)N(C)[C@@H]3CCS(=O)(=O)C3)n[nH]2)cc1. The van der Waals surface area contributed by atoms with Crippen LogP contribution < -0.4 is 4.74 Å². The molecular weight excluding hydrogens is 376 g/mol. The van der Waals surface area contributed by atoms with Crippen LogP contribution in [0, 0.1) is 0 Å². The fourth-order valence-corrected chi connectivity index (χ4v) is 5.20. The summed E-state index contributed by atoms with van der Waals surface area (Å²) in [5.41, 5.74) is 0.866. The number of ether oxygens (including phenoxy) is 1. The molecule has 2 aromatic rings. The minimum absolute atomic E-state index is 0.0438. The Kier molecular flexibility index (Phi) is 5.52. The van der Waals surface area contributed by atoms with Crippen LogP contribution in [-0.2, 0) is 14.6 Å². The smallest absolute Gasteiger partial charge is 0.233 e. The van der Waals surface area contributed by atoms with Crippen LogP contribution in [0.2, 0.25) is 0 Å². The van der Waals surface area contributed by atoms with Crippen LogP contribution in [0.3, 0.4) is 0 Å². The Balaban J connectivity index is 1.56. The summed E-state index contributed by atoms with van der Waals surface area (Å²) < 4.78 is 28.2. The lowest BCUT2D eigenvalue weighted by molar-refractivity contribution is -0.128. The van der Waals surface area contributed by atoms with E-state index in [0.29, 0.717) is 17.4 Å². The monoisotopic (exact) mass is 396 g/mol. The summed E-state index contributed by atoms with van der Waals surface area (Å²) in [5, 5.41) is 7.44. The molecule has 10 heteroatoms. The van der Waals surface area contributed by atoms with Crippen molar-refractivity contribution in [2.75, 3.05) is 31.4 Å². The molecular formula is C16H20N4O4S2. The minimum Gasteiger partial charge on any atom is -0.497 e. The van der Waals surface area contributed by atoms with E-state index in [1.165, 1.54) is 16.7 Å². The summed E-state index contributed by atoms with van der Waals surface area (Å²) in [5.74, 6) is 1.58. The fraction of sp³-hybridized carbons (Fsp3) is 0.438. The zero-order chi connectivity index (χ0) is 18.7. The molecule has 1 fully saturated rings. The van der Waals surface area contributed by atoms with Crippen LogP contribution in [0.1, 0.15) is 6.42 Å². The zero-order valence-electron chi connectivity index (χ0n) is 14.5. The summed E-state index contributed by atoms with van der Waals surface area (Å²) in [7, 11) is 0.240. The molecule has 0 unspecified atom stereocenters. The average Bonchev–Trinajstić information content (AvgIpc) is 3.25. The summed E-state index contributed by atoms with van der Waals surface area (Å²) in [6.45, 7) is 0. The number of H-pyrrole nitrogens is 1. The summed E-state index contributed by atoms with van der Waals surface area (Å²) in [6, 6.07) is 7.16. The van der Waals surface area contributed by atoms with Crippen molar-refractivity contribution in [1.29, 1.82) is 0 Å². The second-order valence-corrected chi connectivity index (χ2v) is 9.22. The predicted molar refractivity (Wildman–Crippen MR) is 98.9 cm³/mol. The van der Waals surface area contributed by atoms with Crippen LogP contribution in [0.4, 0.5) is 0 Å². The molecule has 8 nitrogen and oxygen atoms in total. The molecule has 1 saturated heterocycles. The van der Waals surface area contributed by atoms with Crippen LogP contribution in [0.5, 0.6) is 5.75 Å². The van der Waals surface area contributed by atoms with Crippen molar-refractivity contribution < 1.29 is 17.9 Å². The maximum Gasteiger partial charge on any atom is 0.233 e. The molecule has 0 radical (unpaired) electrons. The number of amides is 1. The van der Waals surface area contributed by atoms with E-state index in [4.69, 9.17) is 4.74 Å². The molecule has 0 saturated carbocycles. The van der Waals surface area contributed by atoms with Gasteiger partial charge in [0.15, 0.2) is 15.7 Å². The van der Waals surface area contributed by atoms with Crippen molar-refractivity contribution in [2.24, 2.45) is 0 Å². The molecule has 2 heterocycles. The van der Waals surface area contributed by atoms with E-state index in [9.17, 15) is 13.2 Å². The lowest BCUT2D eigenvalue weighted by atomic mass is 10.2. The molecule has 1 aliphatic rings. The minimum atomic E-state index is -3.01. The van der Waals surface area contributed by atoms with Gasteiger partial charge in [0.1, 0.15) is 5.75 Å². The number of sulfone groups is 1. The largest absolute Gasteiger partial charge is 0.497 e. The number of rotatable bonds is 6. The predicted octanol–water partition coefficient (Wildman–Crippen LogP) is 1.22. The van der Waals surface area contributed by atoms with Gasteiger partial charge in [0, 0.05) is 18.7 Å². The molecule has 1 amide bonds. The topological polar surface area (TPSA) is 105 Å². The van der Waals surface area contributed by atoms with E-state index in [1.54, 1.807) is 14.2 Å². The molecule has 0 bridgehead atoms. The first-order valence-electron chi connectivity index (χ1n) is 8.03. The quantitative estimate of drug-likeness (QED) is 0.732. The number of hydrogen-bond acceptors (Lipinski definition) is 7. The molecule has 26 heavy (non-hydrogen) atoms. The van der Waals surface area contributed by atoms with Crippen molar-refractivity contribution in [2.45, 2.75) is 17.6 Å². The Morgan fingerprint density at radius 1 is 1.38 bits per heavy atom. The number of nitrogens with zero attached hydrogens (tertiary/aromatic N) is 3. The number of thioether (sulfide) groups is 1. The third-order valence-electron chi connectivity index (χ3n) is 4.30. The number of aromatic amines is 1. The third-order valence-corrected chi connectivity index (χ3v) is 6.89. The Morgan fingerprint density at radius 2 is 2.12 bits per heavy atom. The number of benzene rings is 1. The van der Waals surface area contributed by atoms with Crippen molar-refractivity contribution in [3.05, 3.63) is 24.3 Å². The highest BCUT2D eigenvalue weighted by atomic mass is 32.2. The maximum absolute atomic E-state index is 12.3. The van der Waals surface area contributed by atoms with Crippen LogP contribution in [0.25, 0.3) is 11.4 Å². The molecule has 140 valence electrons. The molecule has 0 spiro atoms. The molecule has 1 aromatic heterocycles. The normalized spacial score (nSPS) is 18.6. The Hall–Kier alpha value is -2.07. The Bertz CT molecular complexity index is 880. The molecule has 1 N–H and O–H groups in total. The van der Waals surface area contributed by atoms with E-state index < -0.39 is 9.84 Å². The standard InChI is InChI=1S/C16H20N4O4S2/c1-20(12-7-8-26(22,23)10-12)14(21)9-25-16-17-15(18-19-16)11-3-5-13(24-2)6-4-11/h3-6,12H,7-10H2,1-2H3,(H,17,18,19)/t12-/m1/s1. The highest BCUT2D eigenvalue weighted by Crippen LogP contribution is 2.23. The van der Waals surface area contributed by atoms with Gasteiger partial charge in [0.25, 0.3) is 0 Å². The van der Waals surface area contributed by atoms with E-state index >= 15 is 0 Å². The van der Waals surface area contributed by atoms with Gasteiger partial charge in [-0.15, -0.1) is 5.10 Å². The molecule has 1 atom stereocenters. The lowest BCUT2D eigenvalue weighted by Crippen LogP contribution is -2.38. The first-order chi connectivity index (χ1) is 12.4. The second-order valence-electron chi connectivity index (χ2n) is 6.05. The van der Waals surface area contributed by atoms with E-state index in [0.717, 1.165) is 11.3 Å². The zero-order valence-corrected chi connectivity index (χ0v) is 16.1. The first-order valence-corrected chi connectivity index (χ1v) is 10.8. The second kappa shape index (κ2) is 7.67. The third kappa shape index (κ3) is 4.36. The van der Waals surface area contributed by atoms with Gasteiger partial charge in [-0.1, -0.05) is 11.8 Å². The maximum atomic E-state index is 12.3. The first kappa shape index (κ1) is 18.7. The van der Waals surface area contributed by atoms with Crippen molar-refractivity contribution in [1.82, 2.24) is 20.1 Å². The summed E-state index contributed by atoms with van der Waals surface area (Å²) in [4.78, 5) is 18.2. The number of carbonyl (C=O) groups is 1. The summed E-state index contributed by atoms with van der Waals surface area (Å²) >= 11 is 1.22. The molecule has 1 aliphatic heterocycles. The van der Waals surface area contributed by atoms with E-state index in [2.05, 4.69) is 15.2 Å². The van der Waals surface area contributed by atoms with E-state index in [-0.39, 0.29) is 29.2 Å². The Morgan fingerprint density at radius 3 is 2.73 bits per heavy atom. The summed E-state index contributed by atoms with van der Waals surface area (Å²) in [6.07, 6.45) is 0.498. The van der Waals surface area contributed by atoms with Crippen LogP contribution in [-0.4, -0.2) is 71.9 Å². The van der Waals surface area contributed by atoms with Gasteiger partial charge >= 0.3 is 0 Å². The molecule has 0 aliphatic carbocycles.